The lowest BCUT2D eigenvalue weighted by Crippen LogP contribution is -2.46. The zero-order valence-corrected chi connectivity index (χ0v) is 14.8. The Hall–Kier alpha value is -1.90. The molecule has 5 heteroatoms. The van der Waals surface area contributed by atoms with Crippen LogP contribution in [0.3, 0.4) is 0 Å². The van der Waals surface area contributed by atoms with Gasteiger partial charge in [-0.1, -0.05) is 12.1 Å². The minimum atomic E-state index is 0.0396. The molecule has 1 aromatic rings. The van der Waals surface area contributed by atoms with Crippen LogP contribution in [0.2, 0.25) is 0 Å². The first-order chi connectivity index (χ1) is 12.1. The van der Waals surface area contributed by atoms with Gasteiger partial charge in [-0.15, -0.1) is 0 Å². The maximum atomic E-state index is 12.5. The van der Waals surface area contributed by atoms with Crippen LogP contribution >= 0.6 is 0 Å². The number of carbonyl (C=O) groups is 1. The van der Waals surface area contributed by atoms with Crippen molar-refractivity contribution in [2.75, 3.05) is 26.7 Å². The van der Waals surface area contributed by atoms with Crippen molar-refractivity contribution in [3.05, 3.63) is 35.4 Å². The van der Waals surface area contributed by atoms with Gasteiger partial charge in [0.2, 0.25) is 5.91 Å². The van der Waals surface area contributed by atoms with Crippen LogP contribution in [0, 0.1) is 23.2 Å². The number of benzene rings is 1. The van der Waals surface area contributed by atoms with Crippen LogP contribution < -0.4 is 5.32 Å². The van der Waals surface area contributed by atoms with E-state index >= 15 is 0 Å². The van der Waals surface area contributed by atoms with Gasteiger partial charge in [-0.3, -0.25) is 14.6 Å². The molecule has 3 fully saturated rings. The fourth-order valence-electron chi connectivity index (χ4n) is 4.42. The van der Waals surface area contributed by atoms with E-state index in [9.17, 15) is 4.79 Å². The summed E-state index contributed by atoms with van der Waals surface area (Å²) >= 11 is 0. The van der Waals surface area contributed by atoms with Crippen LogP contribution in [0.1, 0.15) is 30.4 Å². The van der Waals surface area contributed by atoms with Gasteiger partial charge in [-0.05, 0) is 55.8 Å². The van der Waals surface area contributed by atoms with Crippen molar-refractivity contribution < 1.29 is 4.79 Å². The molecule has 132 valence electrons. The highest BCUT2D eigenvalue weighted by atomic mass is 16.2. The molecule has 0 aromatic heterocycles. The SMILES string of the molecule is CN1[C@@H](C(=O)NCC2CC2)C[C@H]2CN(Cc3cccc(C#N)c3)C[C@H]21. The molecule has 4 rings (SSSR count). The second-order valence-corrected chi connectivity index (χ2v) is 7.94. The molecule has 25 heavy (non-hydrogen) atoms. The Balaban J connectivity index is 1.32. The molecule has 2 heterocycles. The fourth-order valence-corrected chi connectivity index (χ4v) is 4.42. The maximum absolute atomic E-state index is 12.5. The van der Waals surface area contributed by atoms with Crippen LogP contribution in [0.25, 0.3) is 0 Å². The summed E-state index contributed by atoms with van der Waals surface area (Å²) in [6, 6.07) is 10.6. The van der Waals surface area contributed by atoms with E-state index in [-0.39, 0.29) is 11.9 Å². The average Bonchev–Trinajstić information content (AvgIpc) is 3.29. The summed E-state index contributed by atoms with van der Waals surface area (Å²) in [6.45, 7) is 3.79. The summed E-state index contributed by atoms with van der Waals surface area (Å²) in [7, 11) is 2.10. The predicted octanol–water partition coefficient (Wildman–Crippen LogP) is 1.59. The smallest absolute Gasteiger partial charge is 0.237 e. The van der Waals surface area contributed by atoms with Crippen molar-refractivity contribution in [2.45, 2.75) is 37.9 Å². The van der Waals surface area contributed by atoms with Gasteiger partial charge in [0.05, 0.1) is 17.7 Å². The van der Waals surface area contributed by atoms with E-state index in [0.717, 1.165) is 44.1 Å². The van der Waals surface area contributed by atoms with Crippen LogP contribution in [-0.2, 0) is 11.3 Å². The molecular formula is C20H26N4O. The highest BCUT2D eigenvalue weighted by Crippen LogP contribution is 2.35. The molecule has 1 aliphatic carbocycles. The first-order valence-electron chi connectivity index (χ1n) is 9.35. The van der Waals surface area contributed by atoms with Crippen molar-refractivity contribution in [1.29, 1.82) is 5.26 Å². The monoisotopic (exact) mass is 338 g/mol. The van der Waals surface area contributed by atoms with Crippen LogP contribution in [0.15, 0.2) is 24.3 Å². The quantitative estimate of drug-likeness (QED) is 0.886. The molecule has 0 bridgehead atoms. The third-order valence-electron chi connectivity index (χ3n) is 6.05. The number of nitrogens with one attached hydrogen (secondary N) is 1. The molecule has 1 amide bonds. The largest absolute Gasteiger partial charge is 0.354 e. The van der Waals surface area contributed by atoms with Crippen molar-refractivity contribution in [3.63, 3.8) is 0 Å². The zero-order chi connectivity index (χ0) is 17.4. The van der Waals surface area contributed by atoms with Gasteiger partial charge in [-0.2, -0.15) is 5.26 Å². The predicted molar refractivity (Wildman–Crippen MR) is 95.6 cm³/mol. The maximum Gasteiger partial charge on any atom is 0.237 e. The van der Waals surface area contributed by atoms with E-state index in [1.165, 1.54) is 18.4 Å². The number of nitriles is 1. The summed E-state index contributed by atoms with van der Waals surface area (Å²) in [4.78, 5) is 17.2. The topological polar surface area (TPSA) is 59.4 Å². The van der Waals surface area contributed by atoms with Gasteiger partial charge >= 0.3 is 0 Å². The number of nitrogens with zero attached hydrogens (tertiary/aromatic N) is 3. The van der Waals surface area contributed by atoms with Gasteiger partial charge in [-0.25, -0.2) is 0 Å². The number of likely N-dealkylation sites (N-methyl/N-ethyl adjacent to an activating group) is 1. The van der Waals surface area contributed by atoms with Crippen LogP contribution in [0.5, 0.6) is 0 Å². The molecule has 2 saturated heterocycles. The van der Waals surface area contributed by atoms with Gasteiger partial charge in [0, 0.05) is 32.2 Å². The average molecular weight is 338 g/mol. The van der Waals surface area contributed by atoms with Crippen LogP contribution in [-0.4, -0.2) is 54.5 Å². The molecule has 1 N–H and O–H groups in total. The lowest BCUT2D eigenvalue weighted by Gasteiger charge is -2.26. The molecule has 5 nitrogen and oxygen atoms in total. The number of likely N-dealkylation sites (tertiary alicyclic amines) is 2. The second kappa shape index (κ2) is 6.78. The van der Waals surface area contributed by atoms with Gasteiger partial charge in [0.25, 0.3) is 0 Å². The van der Waals surface area contributed by atoms with Gasteiger partial charge in [0.1, 0.15) is 0 Å². The molecule has 0 spiro atoms. The Bertz CT molecular complexity index is 693. The molecular weight excluding hydrogens is 312 g/mol. The zero-order valence-electron chi connectivity index (χ0n) is 14.8. The van der Waals surface area contributed by atoms with Crippen molar-refractivity contribution in [1.82, 2.24) is 15.1 Å². The van der Waals surface area contributed by atoms with Gasteiger partial charge < -0.3 is 5.32 Å². The molecule has 3 atom stereocenters. The Morgan fingerprint density at radius 3 is 2.92 bits per heavy atom. The first-order valence-corrected chi connectivity index (χ1v) is 9.35. The fraction of sp³-hybridized carbons (Fsp3) is 0.600. The number of amides is 1. The van der Waals surface area contributed by atoms with Crippen molar-refractivity contribution >= 4 is 5.91 Å². The van der Waals surface area contributed by atoms with E-state index in [1.807, 2.05) is 18.2 Å². The number of rotatable bonds is 5. The number of hydrogen-bond acceptors (Lipinski definition) is 4. The van der Waals surface area contributed by atoms with Crippen LogP contribution in [0.4, 0.5) is 0 Å². The van der Waals surface area contributed by atoms with E-state index in [4.69, 9.17) is 5.26 Å². The molecule has 0 radical (unpaired) electrons. The molecule has 1 aromatic carbocycles. The Morgan fingerprint density at radius 2 is 2.20 bits per heavy atom. The summed E-state index contributed by atoms with van der Waals surface area (Å²) in [5.74, 6) is 1.52. The second-order valence-electron chi connectivity index (χ2n) is 7.94. The minimum absolute atomic E-state index is 0.0396. The lowest BCUT2D eigenvalue weighted by atomic mass is 10.0. The summed E-state index contributed by atoms with van der Waals surface area (Å²) < 4.78 is 0. The van der Waals surface area contributed by atoms with Gasteiger partial charge in [0.15, 0.2) is 0 Å². The summed E-state index contributed by atoms with van der Waals surface area (Å²) in [6.07, 6.45) is 3.51. The third-order valence-corrected chi connectivity index (χ3v) is 6.05. The summed E-state index contributed by atoms with van der Waals surface area (Å²) in [5.41, 5.74) is 1.92. The highest BCUT2D eigenvalue weighted by Gasteiger charge is 2.47. The minimum Gasteiger partial charge on any atom is -0.354 e. The number of hydrogen-bond donors (Lipinski definition) is 1. The van der Waals surface area contributed by atoms with E-state index in [2.05, 4.69) is 34.3 Å². The first kappa shape index (κ1) is 16.6. The van der Waals surface area contributed by atoms with Crippen molar-refractivity contribution in [3.8, 4) is 6.07 Å². The molecule has 3 aliphatic rings. The third kappa shape index (κ3) is 3.56. The highest BCUT2D eigenvalue weighted by molar-refractivity contribution is 5.82. The Morgan fingerprint density at radius 1 is 1.36 bits per heavy atom. The van der Waals surface area contributed by atoms with Crippen molar-refractivity contribution in [2.24, 2.45) is 11.8 Å². The van der Waals surface area contributed by atoms with E-state index in [0.29, 0.717) is 12.0 Å². The number of carbonyl (C=O) groups excluding carboxylic acids is 1. The Labute approximate surface area is 149 Å². The normalized spacial score (nSPS) is 29.4. The number of fused-ring (bicyclic) bond motifs is 1. The summed E-state index contributed by atoms with van der Waals surface area (Å²) in [5, 5.41) is 12.2. The van der Waals surface area contributed by atoms with E-state index < -0.39 is 0 Å². The molecule has 0 unspecified atom stereocenters. The standard InChI is InChI=1S/C20H26N4O/c1-23-18(20(25)22-10-14-5-6-14)8-17-12-24(13-19(17)23)11-16-4-2-3-15(7-16)9-21/h2-4,7,14,17-19H,5-6,8,10-13H2,1H3,(H,22,25)/t17-,18+,19+/m0/s1. The lowest BCUT2D eigenvalue weighted by molar-refractivity contribution is -0.125. The van der Waals surface area contributed by atoms with E-state index in [1.54, 1.807) is 0 Å². The Kier molecular flexibility index (Phi) is 4.49. The molecule has 2 aliphatic heterocycles. The molecule has 1 saturated carbocycles.